The molecular formula is C18H23N9O3. The van der Waals surface area contributed by atoms with Gasteiger partial charge in [-0.1, -0.05) is 24.5 Å². The van der Waals surface area contributed by atoms with Crippen LogP contribution in [0.4, 0.5) is 5.82 Å². The Morgan fingerprint density at radius 1 is 1.40 bits per heavy atom. The maximum atomic E-state index is 12.7. The third-order valence-corrected chi connectivity index (χ3v) is 5.19. The quantitative estimate of drug-likeness (QED) is 0.431. The highest BCUT2D eigenvalue weighted by Gasteiger charge is 2.27. The van der Waals surface area contributed by atoms with Crippen molar-refractivity contribution in [3.63, 3.8) is 0 Å². The molecule has 3 aromatic rings. The van der Waals surface area contributed by atoms with Crippen molar-refractivity contribution in [1.82, 2.24) is 35.6 Å². The summed E-state index contributed by atoms with van der Waals surface area (Å²) in [4.78, 5) is 14.9. The minimum atomic E-state index is -0.497. The number of carbonyl (C=O) groups excluding carboxylic acids is 1. The van der Waals surface area contributed by atoms with Crippen molar-refractivity contribution in [2.75, 3.05) is 12.8 Å². The maximum Gasteiger partial charge on any atom is 0.293 e. The smallest absolute Gasteiger partial charge is 0.293 e. The Hall–Kier alpha value is -3.54. The van der Waals surface area contributed by atoms with Crippen LogP contribution < -0.4 is 11.2 Å². The minimum absolute atomic E-state index is 0.0615. The van der Waals surface area contributed by atoms with Crippen LogP contribution >= 0.6 is 0 Å². The van der Waals surface area contributed by atoms with Gasteiger partial charge < -0.3 is 10.2 Å². The first kappa shape index (κ1) is 19.8. The molecule has 0 bridgehead atoms. The summed E-state index contributed by atoms with van der Waals surface area (Å²) >= 11 is 0. The fraction of sp³-hybridized carbons (Fsp3) is 0.444. The molecule has 0 spiro atoms. The van der Waals surface area contributed by atoms with Gasteiger partial charge in [-0.3, -0.25) is 9.69 Å². The number of nitrogens with two attached hydrogens (primary N) is 1. The zero-order valence-electron chi connectivity index (χ0n) is 16.6. The largest absolute Gasteiger partial charge is 0.472 e. The molecule has 3 N–H and O–H groups in total. The van der Waals surface area contributed by atoms with Crippen LogP contribution in [-0.2, 0) is 6.54 Å². The summed E-state index contributed by atoms with van der Waals surface area (Å²) in [5.74, 6) is -0.245. The Balaban J connectivity index is 1.58. The van der Waals surface area contributed by atoms with E-state index in [-0.39, 0.29) is 17.3 Å². The highest BCUT2D eigenvalue weighted by atomic mass is 16.6. The van der Waals surface area contributed by atoms with E-state index in [0.717, 1.165) is 18.4 Å². The summed E-state index contributed by atoms with van der Waals surface area (Å²) in [6.07, 6.45) is 10.4. The number of nitrogens with one attached hydrogen (secondary N) is 1. The Kier molecular flexibility index (Phi) is 5.84. The standard InChI is InChI=1S/C18H23N9O3/c1-26(13-5-3-2-4-6-13)10-14-15(18(28)22-20-9-12-7-8-29-11-12)21-25-27(14)17-16(19)23-30-24-17/h7-9,11,13H,2-6,10H2,1H3,(H2,19,23)(H,22,28)/b20-9+. The molecular weight excluding hydrogens is 390 g/mol. The third kappa shape index (κ3) is 4.22. The number of carbonyl (C=O) groups is 1. The highest BCUT2D eigenvalue weighted by molar-refractivity contribution is 5.94. The van der Waals surface area contributed by atoms with Crippen molar-refractivity contribution >= 4 is 17.9 Å². The predicted molar refractivity (Wildman–Crippen MR) is 106 cm³/mol. The van der Waals surface area contributed by atoms with Crippen LogP contribution in [-0.4, -0.2) is 55.4 Å². The minimum Gasteiger partial charge on any atom is -0.472 e. The van der Waals surface area contributed by atoms with E-state index in [2.05, 4.69) is 36.1 Å². The average Bonchev–Trinajstić information content (AvgIpc) is 3.50. The number of anilines is 1. The molecule has 4 rings (SSSR count). The van der Waals surface area contributed by atoms with Gasteiger partial charge in [0.25, 0.3) is 5.91 Å². The van der Waals surface area contributed by atoms with E-state index < -0.39 is 5.91 Å². The zero-order chi connectivity index (χ0) is 20.9. The Labute approximate surface area is 172 Å². The van der Waals surface area contributed by atoms with Gasteiger partial charge in [-0.25, -0.2) is 10.1 Å². The topological polar surface area (TPSA) is 153 Å². The van der Waals surface area contributed by atoms with Crippen molar-refractivity contribution in [1.29, 1.82) is 0 Å². The van der Waals surface area contributed by atoms with Gasteiger partial charge in [0.05, 0.1) is 24.4 Å². The first-order valence-electron chi connectivity index (χ1n) is 9.72. The van der Waals surface area contributed by atoms with Crippen LogP contribution in [0.5, 0.6) is 0 Å². The molecule has 1 aliphatic carbocycles. The number of aromatic nitrogens is 5. The van der Waals surface area contributed by atoms with Crippen LogP contribution in [0.15, 0.2) is 32.7 Å². The van der Waals surface area contributed by atoms with Gasteiger partial charge in [0.2, 0.25) is 11.6 Å². The summed E-state index contributed by atoms with van der Waals surface area (Å²) in [6.45, 7) is 0.429. The van der Waals surface area contributed by atoms with Crippen molar-refractivity contribution < 1.29 is 13.8 Å². The van der Waals surface area contributed by atoms with Crippen LogP contribution in [0, 0.1) is 0 Å². The Bertz CT molecular complexity index is 1000. The highest BCUT2D eigenvalue weighted by Crippen LogP contribution is 2.24. The molecule has 1 fully saturated rings. The van der Waals surface area contributed by atoms with E-state index >= 15 is 0 Å². The van der Waals surface area contributed by atoms with E-state index in [1.165, 1.54) is 42.7 Å². The number of hydrogen-bond donors (Lipinski definition) is 2. The second-order valence-electron chi connectivity index (χ2n) is 7.23. The van der Waals surface area contributed by atoms with E-state index in [0.29, 0.717) is 18.3 Å². The molecule has 12 heteroatoms. The lowest BCUT2D eigenvalue weighted by Crippen LogP contribution is -2.34. The fourth-order valence-corrected chi connectivity index (χ4v) is 3.58. The van der Waals surface area contributed by atoms with Gasteiger partial charge in [0, 0.05) is 18.2 Å². The van der Waals surface area contributed by atoms with E-state index in [1.54, 1.807) is 6.07 Å². The lowest BCUT2D eigenvalue weighted by molar-refractivity contribution is 0.0947. The Morgan fingerprint density at radius 2 is 2.23 bits per heavy atom. The predicted octanol–water partition coefficient (Wildman–Crippen LogP) is 1.35. The molecule has 0 atom stereocenters. The summed E-state index contributed by atoms with van der Waals surface area (Å²) < 4.78 is 11.0. The molecule has 3 heterocycles. The molecule has 1 saturated carbocycles. The lowest BCUT2D eigenvalue weighted by atomic mass is 9.94. The van der Waals surface area contributed by atoms with Crippen LogP contribution in [0.2, 0.25) is 0 Å². The van der Waals surface area contributed by atoms with Gasteiger partial charge in [0.15, 0.2) is 5.69 Å². The van der Waals surface area contributed by atoms with Crippen LogP contribution in [0.3, 0.4) is 0 Å². The summed E-state index contributed by atoms with van der Waals surface area (Å²) in [5.41, 5.74) is 9.68. The fourth-order valence-electron chi connectivity index (χ4n) is 3.58. The first-order valence-corrected chi connectivity index (χ1v) is 9.72. The summed E-state index contributed by atoms with van der Waals surface area (Å²) in [7, 11) is 2.02. The van der Waals surface area contributed by atoms with Crippen molar-refractivity contribution in [2.24, 2.45) is 5.10 Å². The molecule has 3 aromatic heterocycles. The number of furan rings is 1. The van der Waals surface area contributed by atoms with E-state index in [9.17, 15) is 4.79 Å². The van der Waals surface area contributed by atoms with Crippen molar-refractivity contribution in [3.8, 4) is 5.82 Å². The monoisotopic (exact) mass is 413 g/mol. The van der Waals surface area contributed by atoms with E-state index in [1.807, 2.05) is 7.05 Å². The third-order valence-electron chi connectivity index (χ3n) is 5.19. The van der Waals surface area contributed by atoms with Gasteiger partial charge in [-0.15, -0.1) is 5.10 Å². The molecule has 0 saturated heterocycles. The SMILES string of the molecule is CN(Cc1c(C(=O)N/N=C/c2ccoc2)nnn1-c1nonc1N)C1CCCCC1. The molecule has 1 amide bonds. The average molecular weight is 413 g/mol. The molecule has 30 heavy (non-hydrogen) atoms. The number of amides is 1. The number of nitrogen functional groups attached to an aromatic ring is 1. The van der Waals surface area contributed by atoms with Gasteiger partial charge in [-0.05, 0) is 36.3 Å². The first-order chi connectivity index (χ1) is 14.6. The van der Waals surface area contributed by atoms with Crippen LogP contribution in [0.1, 0.15) is 53.8 Å². The molecule has 12 nitrogen and oxygen atoms in total. The van der Waals surface area contributed by atoms with Gasteiger partial charge >= 0.3 is 0 Å². The second kappa shape index (κ2) is 8.86. The molecule has 0 aromatic carbocycles. The maximum absolute atomic E-state index is 12.7. The number of hydrazone groups is 1. The number of hydrogen-bond acceptors (Lipinski definition) is 10. The Morgan fingerprint density at radius 3 is 2.93 bits per heavy atom. The molecule has 158 valence electrons. The van der Waals surface area contributed by atoms with Crippen molar-refractivity contribution in [2.45, 2.75) is 44.7 Å². The summed E-state index contributed by atoms with van der Waals surface area (Å²) in [5, 5.41) is 19.4. The molecule has 0 aliphatic heterocycles. The van der Waals surface area contributed by atoms with Gasteiger partial charge in [-0.2, -0.15) is 9.78 Å². The molecule has 1 aliphatic rings. The number of rotatable bonds is 7. The second-order valence-corrected chi connectivity index (χ2v) is 7.23. The molecule has 0 radical (unpaired) electrons. The van der Waals surface area contributed by atoms with Gasteiger partial charge in [0.1, 0.15) is 0 Å². The summed E-state index contributed by atoms with van der Waals surface area (Å²) in [6, 6.07) is 2.14. The lowest BCUT2D eigenvalue weighted by Gasteiger charge is -2.31. The normalized spacial score (nSPS) is 15.3. The van der Waals surface area contributed by atoms with E-state index in [4.69, 9.17) is 14.8 Å². The zero-order valence-corrected chi connectivity index (χ0v) is 16.6. The number of nitrogens with zero attached hydrogens (tertiary/aromatic N) is 7. The molecule has 0 unspecified atom stereocenters. The van der Waals surface area contributed by atoms with Crippen molar-refractivity contribution in [3.05, 3.63) is 35.5 Å². The van der Waals surface area contributed by atoms with Crippen LogP contribution in [0.25, 0.3) is 5.82 Å².